The molecule has 3 aromatic rings. The molecule has 29 heavy (non-hydrogen) atoms. The summed E-state index contributed by atoms with van der Waals surface area (Å²) >= 11 is 1.27. The van der Waals surface area contributed by atoms with Gasteiger partial charge in [0, 0.05) is 16.9 Å². The highest BCUT2D eigenvalue weighted by molar-refractivity contribution is 7.17. The molecule has 2 amide bonds. The minimum Gasteiger partial charge on any atom is -0.448 e. The molecule has 0 spiro atoms. The van der Waals surface area contributed by atoms with Gasteiger partial charge in [0.25, 0.3) is 11.8 Å². The standard InChI is InChI=1S/C22H18N2O4S/c1-12-17(13-7-3-2-4-8-13)18(19(23)25)21(29-12)24-20(26)16-11-14-9-5-6-10-15(14)22(27)28-16/h2-10,16H,11H2,1H3,(H2,23,25)(H,24,26)/t16-/m1/s1. The average Bonchev–Trinajstić information content (AvgIpc) is 3.04. The Balaban J connectivity index is 1.64. The van der Waals surface area contributed by atoms with Gasteiger partial charge in [-0.15, -0.1) is 11.3 Å². The van der Waals surface area contributed by atoms with Crippen molar-refractivity contribution >= 4 is 34.1 Å². The molecule has 0 bridgehead atoms. The quantitative estimate of drug-likeness (QED) is 0.648. The lowest BCUT2D eigenvalue weighted by Gasteiger charge is -2.23. The maximum atomic E-state index is 12.8. The van der Waals surface area contributed by atoms with Crippen LogP contribution in [0.5, 0.6) is 0 Å². The molecule has 3 N–H and O–H groups in total. The maximum Gasteiger partial charge on any atom is 0.339 e. The first kappa shape index (κ1) is 18.9. The van der Waals surface area contributed by atoms with E-state index in [1.165, 1.54) is 11.3 Å². The second-order valence-electron chi connectivity index (χ2n) is 6.71. The Hall–Kier alpha value is -3.45. The third-order valence-corrected chi connectivity index (χ3v) is 5.83. The number of carbonyl (C=O) groups is 3. The minimum atomic E-state index is -0.972. The molecule has 2 heterocycles. The second-order valence-corrected chi connectivity index (χ2v) is 7.94. The van der Waals surface area contributed by atoms with E-state index in [1.54, 1.807) is 18.2 Å². The van der Waals surface area contributed by atoms with E-state index in [-0.39, 0.29) is 12.0 Å². The van der Waals surface area contributed by atoms with E-state index >= 15 is 0 Å². The van der Waals surface area contributed by atoms with Crippen LogP contribution in [0.2, 0.25) is 0 Å². The Morgan fingerprint density at radius 1 is 1.10 bits per heavy atom. The number of hydrogen-bond acceptors (Lipinski definition) is 5. The Kier molecular flexibility index (Phi) is 4.90. The smallest absolute Gasteiger partial charge is 0.339 e. The van der Waals surface area contributed by atoms with Gasteiger partial charge >= 0.3 is 5.97 Å². The first-order chi connectivity index (χ1) is 14.0. The minimum absolute atomic E-state index is 0.259. The number of thiophene rings is 1. The summed E-state index contributed by atoms with van der Waals surface area (Å²) in [6, 6.07) is 16.4. The Morgan fingerprint density at radius 2 is 1.79 bits per heavy atom. The van der Waals surface area contributed by atoms with Crippen LogP contribution in [0.25, 0.3) is 11.1 Å². The zero-order valence-corrected chi connectivity index (χ0v) is 16.4. The zero-order valence-electron chi connectivity index (χ0n) is 15.6. The number of benzene rings is 2. The van der Waals surface area contributed by atoms with E-state index in [1.807, 2.05) is 43.3 Å². The van der Waals surface area contributed by atoms with Gasteiger partial charge in [0.15, 0.2) is 6.10 Å². The number of rotatable bonds is 4. The van der Waals surface area contributed by atoms with Gasteiger partial charge in [-0.3, -0.25) is 9.59 Å². The molecule has 1 atom stereocenters. The van der Waals surface area contributed by atoms with E-state index in [0.717, 1.165) is 16.0 Å². The molecular formula is C22H18N2O4S. The van der Waals surface area contributed by atoms with Crippen molar-refractivity contribution in [3.63, 3.8) is 0 Å². The number of aryl methyl sites for hydroxylation is 1. The average molecular weight is 406 g/mol. The number of ether oxygens (including phenoxy) is 1. The lowest BCUT2D eigenvalue weighted by atomic mass is 9.98. The predicted octanol–water partition coefficient (Wildman–Crippen LogP) is 3.54. The normalized spacial score (nSPS) is 15.3. The molecule has 0 aliphatic carbocycles. The number of carbonyl (C=O) groups excluding carboxylic acids is 3. The fraction of sp³-hybridized carbons (Fsp3) is 0.136. The number of hydrogen-bond donors (Lipinski definition) is 2. The van der Waals surface area contributed by atoms with Crippen molar-refractivity contribution in [3.8, 4) is 11.1 Å². The number of nitrogens with two attached hydrogens (primary N) is 1. The highest BCUT2D eigenvalue weighted by atomic mass is 32.1. The summed E-state index contributed by atoms with van der Waals surface area (Å²) in [7, 11) is 0. The fourth-order valence-corrected chi connectivity index (χ4v) is 4.57. The first-order valence-corrected chi connectivity index (χ1v) is 9.85. The molecule has 0 fully saturated rings. The summed E-state index contributed by atoms with van der Waals surface area (Å²) in [5.74, 6) is -1.65. The lowest BCUT2D eigenvalue weighted by molar-refractivity contribution is -0.125. The van der Waals surface area contributed by atoms with Crippen molar-refractivity contribution in [2.75, 3.05) is 5.32 Å². The van der Waals surface area contributed by atoms with Crippen LogP contribution >= 0.6 is 11.3 Å². The molecule has 1 aromatic heterocycles. The molecule has 4 rings (SSSR count). The zero-order chi connectivity index (χ0) is 20.5. The van der Waals surface area contributed by atoms with Crippen molar-refractivity contribution < 1.29 is 19.1 Å². The summed E-state index contributed by atoms with van der Waals surface area (Å²) < 4.78 is 5.31. The highest BCUT2D eigenvalue weighted by Gasteiger charge is 2.32. The monoisotopic (exact) mass is 406 g/mol. The number of amides is 2. The van der Waals surface area contributed by atoms with Crippen LogP contribution in [0.4, 0.5) is 5.00 Å². The van der Waals surface area contributed by atoms with Crippen molar-refractivity contribution in [3.05, 3.63) is 76.2 Å². The Bertz CT molecular complexity index is 1120. The van der Waals surface area contributed by atoms with Gasteiger partial charge in [-0.25, -0.2) is 4.79 Å². The van der Waals surface area contributed by atoms with Crippen LogP contribution in [0.1, 0.15) is 31.2 Å². The summed E-state index contributed by atoms with van der Waals surface area (Å²) in [6.07, 6.45) is -0.698. The van der Waals surface area contributed by atoms with E-state index < -0.39 is 23.9 Å². The van der Waals surface area contributed by atoms with Crippen LogP contribution in [0.15, 0.2) is 54.6 Å². The SMILES string of the molecule is Cc1sc(NC(=O)[C@H]2Cc3ccccc3C(=O)O2)c(C(N)=O)c1-c1ccccc1. The topological polar surface area (TPSA) is 98.5 Å². The molecular weight excluding hydrogens is 388 g/mol. The third kappa shape index (κ3) is 3.52. The van der Waals surface area contributed by atoms with Crippen LogP contribution in [0.3, 0.4) is 0 Å². The molecule has 0 radical (unpaired) electrons. The molecule has 1 aliphatic rings. The van der Waals surface area contributed by atoms with Gasteiger partial charge in [0.2, 0.25) is 0 Å². The first-order valence-electron chi connectivity index (χ1n) is 9.04. The molecule has 0 saturated carbocycles. The van der Waals surface area contributed by atoms with E-state index in [4.69, 9.17) is 10.5 Å². The van der Waals surface area contributed by atoms with E-state index in [2.05, 4.69) is 5.32 Å². The van der Waals surface area contributed by atoms with E-state index in [9.17, 15) is 14.4 Å². The molecule has 0 saturated heterocycles. The molecule has 146 valence electrons. The Labute approximate surface area is 171 Å². The molecule has 7 heteroatoms. The number of cyclic esters (lactones) is 1. The van der Waals surface area contributed by atoms with Gasteiger partial charge < -0.3 is 15.8 Å². The summed E-state index contributed by atoms with van der Waals surface area (Å²) in [6.45, 7) is 1.87. The fourth-order valence-electron chi connectivity index (χ4n) is 3.49. The maximum absolute atomic E-state index is 12.8. The predicted molar refractivity (Wildman–Crippen MR) is 111 cm³/mol. The summed E-state index contributed by atoms with van der Waals surface area (Å²) in [5, 5.41) is 3.10. The third-order valence-electron chi connectivity index (χ3n) is 4.81. The number of nitrogens with one attached hydrogen (secondary N) is 1. The van der Waals surface area contributed by atoms with Crippen molar-refractivity contribution in [2.45, 2.75) is 19.4 Å². The molecule has 6 nitrogen and oxygen atoms in total. The molecule has 2 aromatic carbocycles. The van der Waals surface area contributed by atoms with E-state index in [0.29, 0.717) is 16.1 Å². The van der Waals surface area contributed by atoms with Gasteiger partial charge in [0.1, 0.15) is 5.00 Å². The second kappa shape index (κ2) is 7.52. The number of primary amides is 1. The van der Waals surface area contributed by atoms with Crippen LogP contribution < -0.4 is 11.1 Å². The lowest BCUT2D eigenvalue weighted by Crippen LogP contribution is -2.38. The van der Waals surface area contributed by atoms with Crippen molar-refractivity contribution in [1.82, 2.24) is 0 Å². The van der Waals surface area contributed by atoms with Crippen molar-refractivity contribution in [1.29, 1.82) is 0 Å². The van der Waals surface area contributed by atoms with Crippen LogP contribution in [-0.2, 0) is 16.0 Å². The largest absolute Gasteiger partial charge is 0.448 e. The molecule has 1 aliphatic heterocycles. The van der Waals surface area contributed by atoms with Crippen LogP contribution in [0, 0.1) is 6.92 Å². The van der Waals surface area contributed by atoms with Gasteiger partial charge in [-0.1, -0.05) is 48.5 Å². The number of fused-ring (bicyclic) bond motifs is 1. The van der Waals surface area contributed by atoms with Gasteiger partial charge in [0.05, 0.1) is 11.1 Å². The molecule has 0 unspecified atom stereocenters. The Morgan fingerprint density at radius 3 is 2.52 bits per heavy atom. The van der Waals surface area contributed by atoms with Crippen LogP contribution in [-0.4, -0.2) is 23.9 Å². The highest BCUT2D eigenvalue weighted by Crippen LogP contribution is 2.39. The van der Waals surface area contributed by atoms with Gasteiger partial charge in [-0.2, -0.15) is 0 Å². The van der Waals surface area contributed by atoms with Gasteiger partial charge in [-0.05, 0) is 24.1 Å². The number of anilines is 1. The van der Waals surface area contributed by atoms with Crippen molar-refractivity contribution in [2.24, 2.45) is 5.73 Å². The summed E-state index contributed by atoms with van der Waals surface area (Å²) in [5.41, 5.74) is 8.66. The number of esters is 1. The summed E-state index contributed by atoms with van der Waals surface area (Å²) in [4.78, 5) is 38.1.